The first-order valence-electron chi connectivity index (χ1n) is 1.67. The van der Waals surface area contributed by atoms with E-state index in [9.17, 15) is 13.6 Å². The highest BCUT2D eigenvalue weighted by Crippen LogP contribution is 2.27. The Kier molecular flexibility index (Phi) is 3.11. The van der Waals surface area contributed by atoms with E-state index in [0.717, 1.165) is 22.6 Å². The molecule has 5 heteroatoms. The maximum absolute atomic E-state index is 11.7. The Morgan fingerprint density at radius 2 is 2.12 bits per heavy atom. The van der Waals surface area contributed by atoms with Gasteiger partial charge in [-0.05, 0) is 34.2 Å². The molecule has 0 atom stereocenters. The molecule has 0 aromatic heterocycles. The highest BCUT2D eigenvalue weighted by molar-refractivity contribution is 14.1. The zero-order valence-corrected chi connectivity index (χ0v) is 6.54. The third-order valence-corrected chi connectivity index (χ3v) is 0.854. The van der Waals surface area contributed by atoms with Crippen LogP contribution in [0.1, 0.15) is 6.42 Å². The van der Waals surface area contributed by atoms with Gasteiger partial charge in [0.25, 0.3) is 0 Å². The van der Waals surface area contributed by atoms with Gasteiger partial charge in [-0.2, -0.15) is 8.78 Å². The molecule has 0 N–H and O–H groups in total. The first-order valence-corrected chi connectivity index (χ1v) is 3.12. The average molecular weight is 254 g/mol. The fourth-order valence-electron chi connectivity index (χ4n) is 0.158. The molecular formula is C3H2ClF2IO. The van der Waals surface area contributed by atoms with E-state index in [1.54, 1.807) is 0 Å². The molecule has 48 valence electrons. The summed E-state index contributed by atoms with van der Waals surface area (Å²) >= 11 is 5.49. The standard InChI is InChI=1S/C3H2ClF2IO/c4-2(8)1-3(5,6)7/h1H2. The van der Waals surface area contributed by atoms with Gasteiger partial charge in [-0.3, -0.25) is 4.79 Å². The lowest BCUT2D eigenvalue weighted by Crippen LogP contribution is -2.07. The second-order valence-corrected chi connectivity index (χ2v) is 3.15. The van der Waals surface area contributed by atoms with Gasteiger partial charge in [-0.25, -0.2) is 0 Å². The zero-order chi connectivity index (χ0) is 6.78. The van der Waals surface area contributed by atoms with E-state index in [-0.39, 0.29) is 0 Å². The quantitative estimate of drug-likeness (QED) is 0.419. The van der Waals surface area contributed by atoms with Crippen LogP contribution >= 0.6 is 34.2 Å². The SMILES string of the molecule is O=C(Cl)CC(F)(F)I. The predicted molar refractivity (Wildman–Crippen MR) is 34.4 cm³/mol. The topological polar surface area (TPSA) is 17.1 Å². The van der Waals surface area contributed by atoms with Crippen LogP contribution in [0.5, 0.6) is 0 Å². The normalized spacial score (nSPS) is 11.5. The Bertz CT molecular complexity index is 99.9. The molecular weight excluding hydrogens is 252 g/mol. The number of alkyl halides is 3. The van der Waals surface area contributed by atoms with Crippen LogP contribution in [0.3, 0.4) is 0 Å². The molecule has 0 fully saturated rings. The Hall–Kier alpha value is 0.550. The van der Waals surface area contributed by atoms with Crippen molar-refractivity contribution in [1.82, 2.24) is 0 Å². The van der Waals surface area contributed by atoms with E-state index in [1.165, 1.54) is 0 Å². The summed E-state index contributed by atoms with van der Waals surface area (Å²) in [5, 5.41) is -1.01. The van der Waals surface area contributed by atoms with Crippen molar-refractivity contribution >= 4 is 39.4 Å². The molecule has 8 heavy (non-hydrogen) atoms. The van der Waals surface area contributed by atoms with Gasteiger partial charge in [-0.15, -0.1) is 0 Å². The average Bonchev–Trinajstić information content (AvgIpc) is 1.21. The number of rotatable bonds is 2. The van der Waals surface area contributed by atoms with E-state index < -0.39 is 15.6 Å². The summed E-state index contributed by atoms with van der Waals surface area (Å²) in [4.78, 5) is 9.74. The van der Waals surface area contributed by atoms with Crippen LogP contribution in [-0.4, -0.2) is 9.17 Å². The van der Waals surface area contributed by atoms with E-state index in [1.807, 2.05) is 0 Å². The van der Waals surface area contributed by atoms with Crippen LogP contribution in [-0.2, 0) is 4.79 Å². The molecule has 1 nitrogen and oxygen atoms in total. The van der Waals surface area contributed by atoms with Gasteiger partial charge in [0.1, 0.15) is 0 Å². The molecule has 0 radical (unpaired) electrons. The minimum Gasteiger partial charge on any atom is -0.281 e. The fourth-order valence-corrected chi connectivity index (χ4v) is 0.897. The van der Waals surface area contributed by atoms with Gasteiger partial charge in [0.15, 0.2) is 0 Å². The molecule has 0 rings (SSSR count). The van der Waals surface area contributed by atoms with Crippen LogP contribution < -0.4 is 0 Å². The molecule has 0 bridgehead atoms. The summed E-state index contributed by atoms with van der Waals surface area (Å²) in [7, 11) is 0. The third-order valence-electron chi connectivity index (χ3n) is 0.339. The van der Waals surface area contributed by atoms with Crippen molar-refractivity contribution in [3.63, 3.8) is 0 Å². The Labute approximate surface area is 63.5 Å². The van der Waals surface area contributed by atoms with Crippen molar-refractivity contribution in [2.45, 2.75) is 10.4 Å². The van der Waals surface area contributed by atoms with Gasteiger partial charge in [0.2, 0.25) is 5.24 Å². The lowest BCUT2D eigenvalue weighted by atomic mass is 10.5. The summed E-state index contributed by atoms with van der Waals surface area (Å²) in [6.07, 6.45) is -0.894. The second-order valence-electron chi connectivity index (χ2n) is 1.15. The molecule has 0 unspecified atom stereocenters. The van der Waals surface area contributed by atoms with Gasteiger partial charge in [0.05, 0.1) is 6.42 Å². The largest absolute Gasteiger partial charge is 0.304 e. The van der Waals surface area contributed by atoms with Crippen molar-refractivity contribution in [2.24, 2.45) is 0 Å². The van der Waals surface area contributed by atoms with Gasteiger partial charge in [-0.1, -0.05) is 0 Å². The predicted octanol–water partition coefficient (Wildman–Crippen LogP) is 2.17. The summed E-state index contributed by atoms with van der Waals surface area (Å²) in [5.74, 6) is 0. The number of halogens is 4. The highest BCUT2D eigenvalue weighted by Gasteiger charge is 2.26. The van der Waals surface area contributed by atoms with E-state index in [0.29, 0.717) is 0 Å². The van der Waals surface area contributed by atoms with E-state index in [4.69, 9.17) is 0 Å². The summed E-state index contributed by atoms with van der Waals surface area (Å²) in [5.41, 5.74) is 0. The molecule has 0 amide bonds. The summed E-state index contributed by atoms with van der Waals surface area (Å²) < 4.78 is 20.3. The molecule has 0 aliphatic heterocycles. The van der Waals surface area contributed by atoms with Crippen molar-refractivity contribution in [2.75, 3.05) is 0 Å². The van der Waals surface area contributed by atoms with Crippen LogP contribution in [0.4, 0.5) is 8.78 Å². The fraction of sp³-hybridized carbons (Fsp3) is 0.667. The molecule has 0 saturated heterocycles. The Morgan fingerprint density at radius 3 is 2.12 bits per heavy atom. The number of hydrogen-bond donors (Lipinski definition) is 0. The first kappa shape index (κ1) is 8.55. The number of hydrogen-bond acceptors (Lipinski definition) is 1. The summed E-state index contributed by atoms with van der Waals surface area (Å²) in [6, 6.07) is 0. The molecule has 0 aliphatic carbocycles. The zero-order valence-electron chi connectivity index (χ0n) is 3.63. The molecule has 0 heterocycles. The monoisotopic (exact) mass is 254 g/mol. The number of carbonyl (C=O) groups excluding carboxylic acids is 1. The van der Waals surface area contributed by atoms with Crippen LogP contribution in [0.2, 0.25) is 0 Å². The minimum atomic E-state index is -2.99. The van der Waals surface area contributed by atoms with Crippen LogP contribution in [0.15, 0.2) is 0 Å². The minimum absolute atomic E-state index is 0.853. The first-order chi connectivity index (χ1) is 3.42. The van der Waals surface area contributed by atoms with E-state index in [2.05, 4.69) is 11.6 Å². The number of carbonyl (C=O) groups is 1. The third kappa shape index (κ3) is 6.55. The highest BCUT2D eigenvalue weighted by atomic mass is 127. The second kappa shape index (κ2) is 2.91. The molecule has 0 aromatic rings. The maximum atomic E-state index is 11.7. The van der Waals surface area contributed by atoms with E-state index >= 15 is 0 Å². The lowest BCUT2D eigenvalue weighted by Gasteiger charge is -2.01. The van der Waals surface area contributed by atoms with Gasteiger partial charge in [0, 0.05) is 0 Å². The smallest absolute Gasteiger partial charge is 0.281 e. The molecule has 0 saturated carbocycles. The van der Waals surface area contributed by atoms with Crippen LogP contribution in [0.25, 0.3) is 0 Å². The summed E-state index contributed by atoms with van der Waals surface area (Å²) in [6.45, 7) is 0. The molecule has 0 spiro atoms. The Balaban J connectivity index is 3.55. The molecule has 0 aromatic carbocycles. The van der Waals surface area contributed by atoms with Crippen molar-refractivity contribution in [3.8, 4) is 0 Å². The lowest BCUT2D eigenvalue weighted by molar-refractivity contribution is -0.114. The van der Waals surface area contributed by atoms with Gasteiger partial charge >= 0.3 is 3.93 Å². The van der Waals surface area contributed by atoms with Crippen molar-refractivity contribution in [1.29, 1.82) is 0 Å². The maximum Gasteiger partial charge on any atom is 0.304 e. The molecule has 0 aliphatic rings. The van der Waals surface area contributed by atoms with Crippen molar-refractivity contribution < 1.29 is 13.6 Å². The van der Waals surface area contributed by atoms with Gasteiger partial charge < -0.3 is 0 Å². The van der Waals surface area contributed by atoms with Crippen LogP contribution in [0, 0.1) is 0 Å². The van der Waals surface area contributed by atoms with Crippen molar-refractivity contribution in [3.05, 3.63) is 0 Å². The Morgan fingerprint density at radius 1 is 1.75 bits per heavy atom.